The number of ether oxygens (including phenoxy) is 1. The van der Waals surface area contributed by atoms with Crippen LogP contribution < -0.4 is 0 Å². The number of rotatable bonds is 6. The molecule has 1 N–H and O–H groups in total. The molecule has 0 bridgehead atoms. The van der Waals surface area contributed by atoms with Gasteiger partial charge in [0, 0.05) is 17.8 Å². The van der Waals surface area contributed by atoms with Crippen LogP contribution in [-0.4, -0.2) is 80.6 Å². The van der Waals surface area contributed by atoms with Crippen molar-refractivity contribution in [3.05, 3.63) is 24.3 Å². The van der Waals surface area contributed by atoms with Crippen LogP contribution in [0, 0.1) is 17.8 Å². The highest BCUT2D eigenvalue weighted by atomic mass is 32.2. The third-order valence-corrected chi connectivity index (χ3v) is 9.91. The highest BCUT2D eigenvalue weighted by Crippen LogP contribution is 2.65. The highest BCUT2D eigenvalue weighted by molar-refractivity contribution is 8.02. The van der Waals surface area contributed by atoms with Gasteiger partial charge in [0.2, 0.25) is 11.8 Å². The first-order chi connectivity index (χ1) is 16.7. The van der Waals surface area contributed by atoms with E-state index in [9.17, 15) is 19.5 Å². The predicted molar refractivity (Wildman–Crippen MR) is 137 cm³/mol. The Morgan fingerprint density at radius 3 is 2.60 bits per heavy atom. The standard InChI is InChI=1S/C27H40N2O5S/c1-5-6-14-28-15-11-13-27-20(23(31)29(22(27)24(28)32)19(17-30)18(2)3)21-25(33)34-16-10-8-7-9-12-26(21,4)35-27/h9,11-13,18-22,30H,5-8,10,14-17H2,1-4H3/b12-9-/t19-,20-,21-,22?,26+,27-/m0/s1. The fourth-order valence-electron chi connectivity index (χ4n) is 6.31. The monoisotopic (exact) mass is 504 g/mol. The van der Waals surface area contributed by atoms with Crippen LogP contribution in [-0.2, 0) is 19.1 Å². The Bertz CT molecular complexity index is 904. The Morgan fingerprint density at radius 2 is 1.91 bits per heavy atom. The number of likely N-dealkylation sites (tertiary alicyclic amines) is 1. The number of allylic oxidation sites excluding steroid dienone is 1. The van der Waals surface area contributed by atoms with Crippen molar-refractivity contribution in [1.29, 1.82) is 0 Å². The van der Waals surface area contributed by atoms with E-state index < -0.39 is 33.4 Å². The van der Waals surface area contributed by atoms with Crippen molar-refractivity contribution in [2.24, 2.45) is 17.8 Å². The van der Waals surface area contributed by atoms with Crippen molar-refractivity contribution in [2.75, 3.05) is 26.3 Å². The number of carbonyl (C=O) groups is 3. The number of aliphatic hydroxyl groups is 1. The van der Waals surface area contributed by atoms with E-state index in [0.29, 0.717) is 19.7 Å². The molecule has 2 amide bonds. The van der Waals surface area contributed by atoms with Crippen LogP contribution in [0.3, 0.4) is 0 Å². The van der Waals surface area contributed by atoms with Gasteiger partial charge < -0.3 is 19.6 Å². The molecule has 8 heteroatoms. The number of carbonyl (C=O) groups excluding carboxylic acids is 3. The number of esters is 1. The largest absolute Gasteiger partial charge is 0.465 e. The van der Waals surface area contributed by atoms with Gasteiger partial charge in [-0.2, -0.15) is 0 Å². The third kappa shape index (κ3) is 4.35. The average Bonchev–Trinajstić information content (AvgIpc) is 3.14. The summed E-state index contributed by atoms with van der Waals surface area (Å²) in [6.07, 6.45) is 12.7. The molecule has 0 aromatic carbocycles. The molecule has 4 aliphatic rings. The van der Waals surface area contributed by atoms with Gasteiger partial charge in [-0.25, -0.2) is 0 Å². The van der Waals surface area contributed by atoms with Crippen LogP contribution in [0.1, 0.15) is 59.8 Å². The lowest BCUT2D eigenvalue weighted by Crippen LogP contribution is -2.58. The third-order valence-electron chi connectivity index (χ3n) is 8.12. The molecule has 1 spiro atoms. The number of cyclic esters (lactones) is 1. The summed E-state index contributed by atoms with van der Waals surface area (Å²) in [4.78, 5) is 45.5. The minimum Gasteiger partial charge on any atom is -0.465 e. The van der Waals surface area contributed by atoms with E-state index in [-0.39, 0.29) is 30.3 Å². The van der Waals surface area contributed by atoms with Gasteiger partial charge >= 0.3 is 5.97 Å². The van der Waals surface area contributed by atoms with Gasteiger partial charge in [0.1, 0.15) is 6.04 Å². The highest BCUT2D eigenvalue weighted by Gasteiger charge is 2.74. The summed E-state index contributed by atoms with van der Waals surface area (Å²) in [5.41, 5.74) is 0. The zero-order chi connectivity index (χ0) is 25.4. The van der Waals surface area contributed by atoms with Crippen LogP contribution in [0.25, 0.3) is 0 Å². The van der Waals surface area contributed by atoms with E-state index >= 15 is 0 Å². The van der Waals surface area contributed by atoms with Gasteiger partial charge in [0.25, 0.3) is 0 Å². The minimum atomic E-state index is -0.895. The number of amides is 2. The molecule has 0 aliphatic carbocycles. The molecule has 7 nitrogen and oxygen atoms in total. The smallest absolute Gasteiger partial charge is 0.311 e. The Kier molecular flexibility index (Phi) is 7.72. The van der Waals surface area contributed by atoms with Crippen LogP contribution in [0.4, 0.5) is 0 Å². The van der Waals surface area contributed by atoms with Crippen LogP contribution in [0.5, 0.6) is 0 Å². The Morgan fingerprint density at radius 1 is 1.14 bits per heavy atom. The molecule has 2 saturated heterocycles. The molecule has 2 fully saturated rings. The van der Waals surface area contributed by atoms with Crippen molar-refractivity contribution < 1.29 is 24.2 Å². The number of hydrogen-bond donors (Lipinski definition) is 1. The van der Waals surface area contributed by atoms with E-state index in [0.717, 1.165) is 32.1 Å². The predicted octanol–water partition coefficient (Wildman–Crippen LogP) is 3.17. The van der Waals surface area contributed by atoms with Crippen molar-refractivity contribution in [3.8, 4) is 0 Å². The van der Waals surface area contributed by atoms with E-state index in [2.05, 4.69) is 19.1 Å². The molecule has 6 atom stereocenters. The summed E-state index contributed by atoms with van der Waals surface area (Å²) < 4.78 is 4.14. The van der Waals surface area contributed by atoms with E-state index in [1.807, 2.05) is 37.8 Å². The maximum atomic E-state index is 14.3. The molecular weight excluding hydrogens is 464 g/mol. The van der Waals surface area contributed by atoms with Gasteiger partial charge in [-0.15, -0.1) is 11.8 Å². The summed E-state index contributed by atoms with van der Waals surface area (Å²) in [7, 11) is 0. The van der Waals surface area contributed by atoms with Crippen LogP contribution >= 0.6 is 11.8 Å². The lowest BCUT2D eigenvalue weighted by atomic mass is 9.74. The summed E-state index contributed by atoms with van der Waals surface area (Å²) in [5, 5.41) is 10.3. The Hall–Kier alpha value is -1.80. The maximum Gasteiger partial charge on any atom is 0.311 e. The molecule has 0 aromatic heterocycles. The molecule has 194 valence electrons. The number of unbranched alkanes of at least 4 members (excludes halogenated alkanes) is 1. The van der Waals surface area contributed by atoms with Gasteiger partial charge in [-0.05, 0) is 38.5 Å². The van der Waals surface area contributed by atoms with Crippen LogP contribution in [0.2, 0.25) is 0 Å². The molecule has 4 heterocycles. The zero-order valence-corrected chi connectivity index (χ0v) is 22.3. The van der Waals surface area contributed by atoms with Gasteiger partial charge in [0.15, 0.2) is 0 Å². The summed E-state index contributed by atoms with van der Waals surface area (Å²) >= 11 is 1.57. The average molecular weight is 505 g/mol. The fraction of sp³-hybridized carbons (Fsp3) is 0.741. The number of fused-ring (bicyclic) bond motifs is 2. The summed E-state index contributed by atoms with van der Waals surface area (Å²) in [5.74, 6) is -2.14. The fourth-order valence-corrected chi connectivity index (χ4v) is 8.45. The van der Waals surface area contributed by atoms with E-state index in [4.69, 9.17) is 4.74 Å². The first-order valence-corrected chi connectivity index (χ1v) is 14.0. The minimum absolute atomic E-state index is 0.0452. The molecule has 0 saturated carbocycles. The number of thioether (sulfide) groups is 1. The normalized spacial score (nSPS) is 37.0. The summed E-state index contributed by atoms with van der Waals surface area (Å²) in [6.45, 7) is 9.23. The Labute approximate surface area is 213 Å². The zero-order valence-electron chi connectivity index (χ0n) is 21.4. The molecule has 1 unspecified atom stereocenters. The first-order valence-electron chi connectivity index (χ1n) is 13.2. The second-order valence-electron chi connectivity index (χ2n) is 10.8. The van der Waals surface area contributed by atoms with Gasteiger partial charge in [-0.1, -0.05) is 51.5 Å². The molecule has 0 radical (unpaired) electrons. The number of hydrogen-bond acceptors (Lipinski definition) is 6. The second kappa shape index (κ2) is 10.3. The van der Waals surface area contributed by atoms with Gasteiger partial charge in [0.05, 0.1) is 35.8 Å². The maximum absolute atomic E-state index is 14.3. The lowest BCUT2D eigenvalue weighted by molar-refractivity contribution is -0.155. The van der Waals surface area contributed by atoms with Crippen molar-refractivity contribution in [3.63, 3.8) is 0 Å². The molecular formula is C27H40N2O5S. The van der Waals surface area contributed by atoms with Gasteiger partial charge in [-0.3, -0.25) is 14.4 Å². The van der Waals surface area contributed by atoms with Crippen molar-refractivity contribution >= 4 is 29.5 Å². The second-order valence-corrected chi connectivity index (χ2v) is 12.6. The first kappa shape index (κ1) is 26.3. The topological polar surface area (TPSA) is 87.2 Å². The quantitative estimate of drug-likeness (QED) is 0.442. The molecule has 35 heavy (non-hydrogen) atoms. The molecule has 4 rings (SSSR count). The number of aliphatic hydroxyl groups excluding tert-OH is 1. The van der Waals surface area contributed by atoms with E-state index in [1.165, 1.54) is 0 Å². The molecule has 4 aliphatic heterocycles. The van der Waals surface area contributed by atoms with E-state index in [1.54, 1.807) is 16.7 Å². The van der Waals surface area contributed by atoms with Crippen molar-refractivity contribution in [2.45, 2.75) is 81.4 Å². The number of nitrogens with zero attached hydrogens (tertiary/aromatic N) is 2. The summed E-state index contributed by atoms with van der Waals surface area (Å²) in [6, 6.07) is -1.27. The Balaban J connectivity index is 1.87. The van der Waals surface area contributed by atoms with Crippen LogP contribution in [0.15, 0.2) is 24.3 Å². The lowest BCUT2D eigenvalue weighted by Gasteiger charge is -2.41. The van der Waals surface area contributed by atoms with Crippen molar-refractivity contribution in [1.82, 2.24) is 9.80 Å². The SMILES string of the molecule is CCCCN1CC=C[C@]23S[C@]4(C)/C=C\CCCCOC(=O)[C@@H]4[C@H]2C(=O)N([C@@H](CO)C(C)C)C3C1=O. The molecule has 0 aromatic rings.